The number of carbonyl (C=O) groups excluding carboxylic acids is 1. The Bertz CT molecular complexity index is 307. The minimum atomic E-state index is -0.334. The predicted octanol–water partition coefficient (Wildman–Crippen LogP) is 0.510. The molecule has 1 amide bonds. The molecule has 0 saturated heterocycles. The number of hydrogen-bond acceptors (Lipinski definition) is 4. The number of ether oxygens (including phenoxy) is 1. The van der Waals surface area contributed by atoms with Gasteiger partial charge in [-0.2, -0.15) is 0 Å². The van der Waals surface area contributed by atoms with E-state index in [0.29, 0.717) is 12.5 Å². The van der Waals surface area contributed by atoms with Crippen LogP contribution in [0.2, 0.25) is 0 Å². The molecule has 1 fully saturated rings. The molecule has 5 heteroatoms. The largest absolute Gasteiger partial charge is 0.394 e. The minimum absolute atomic E-state index is 0.000139. The molecule has 0 aromatic rings. The third-order valence-corrected chi connectivity index (χ3v) is 4.75. The number of carbonyl (C=O) groups is 1. The van der Waals surface area contributed by atoms with Gasteiger partial charge in [-0.15, -0.1) is 0 Å². The van der Waals surface area contributed by atoms with E-state index in [1.165, 1.54) is 0 Å². The highest BCUT2D eigenvalue weighted by Gasteiger charge is 2.45. The SMILES string of the molecule is COCC(CO)NC(=O)C1CCC(N)C(C)C1(C)C. The number of aliphatic hydroxyl groups is 1. The Hall–Kier alpha value is -0.650. The molecule has 4 unspecified atom stereocenters. The van der Waals surface area contributed by atoms with Crippen LogP contribution in [0.1, 0.15) is 33.6 Å². The van der Waals surface area contributed by atoms with Crippen LogP contribution in [-0.4, -0.2) is 43.4 Å². The molecule has 0 radical (unpaired) electrons. The van der Waals surface area contributed by atoms with Crippen molar-refractivity contribution in [1.82, 2.24) is 5.32 Å². The van der Waals surface area contributed by atoms with E-state index in [1.807, 2.05) is 0 Å². The molecule has 0 aliphatic heterocycles. The summed E-state index contributed by atoms with van der Waals surface area (Å²) in [5.41, 5.74) is 5.97. The highest BCUT2D eigenvalue weighted by atomic mass is 16.5. The van der Waals surface area contributed by atoms with E-state index in [1.54, 1.807) is 7.11 Å². The number of amides is 1. The molecule has 0 spiro atoms. The van der Waals surface area contributed by atoms with Gasteiger partial charge >= 0.3 is 0 Å². The first kappa shape index (κ1) is 16.4. The van der Waals surface area contributed by atoms with Crippen LogP contribution in [-0.2, 0) is 9.53 Å². The molecule has 19 heavy (non-hydrogen) atoms. The molecule has 1 saturated carbocycles. The number of aliphatic hydroxyl groups excluding tert-OH is 1. The molecule has 0 aromatic carbocycles. The fraction of sp³-hybridized carbons (Fsp3) is 0.929. The Labute approximate surface area is 115 Å². The smallest absolute Gasteiger partial charge is 0.224 e. The molecule has 4 atom stereocenters. The van der Waals surface area contributed by atoms with Crippen LogP contribution in [0, 0.1) is 17.3 Å². The zero-order chi connectivity index (χ0) is 14.6. The van der Waals surface area contributed by atoms with Crippen LogP contribution in [0.25, 0.3) is 0 Å². The Morgan fingerprint density at radius 2 is 2.16 bits per heavy atom. The van der Waals surface area contributed by atoms with Crippen molar-refractivity contribution in [1.29, 1.82) is 0 Å². The number of methoxy groups -OCH3 is 1. The predicted molar refractivity (Wildman–Crippen MR) is 74.5 cm³/mol. The van der Waals surface area contributed by atoms with Gasteiger partial charge in [-0.3, -0.25) is 4.79 Å². The van der Waals surface area contributed by atoms with Gasteiger partial charge < -0.3 is 20.9 Å². The van der Waals surface area contributed by atoms with Crippen molar-refractivity contribution in [2.75, 3.05) is 20.3 Å². The van der Waals surface area contributed by atoms with E-state index >= 15 is 0 Å². The molecular formula is C14H28N2O3. The average Bonchev–Trinajstić information content (AvgIpc) is 2.35. The van der Waals surface area contributed by atoms with E-state index in [2.05, 4.69) is 26.1 Å². The van der Waals surface area contributed by atoms with Crippen molar-refractivity contribution < 1.29 is 14.6 Å². The second-order valence-corrected chi connectivity index (χ2v) is 6.25. The molecular weight excluding hydrogens is 244 g/mol. The number of rotatable bonds is 5. The van der Waals surface area contributed by atoms with Gasteiger partial charge in [-0.25, -0.2) is 0 Å². The monoisotopic (exact) mass is 272 g/mol. The molecule has 1 aliphatic carbocycles. The van der Waals surface area contributed by atoms with Crippen molar-refractivity contribution in [3.05, 3.63) is 0 Å². The topological polar surface area (TPSA) is 84.6 Å². The third kappa shape index (κ3) is 3.68. The van der Waals surface area contributed by atoms with Crippen LogP contribution >= 0.6 is 0 Å². The Morgan fingerprint density at radius 3 is 2.68 bits per heavy atom. The highest BCUT2D eigenvalue weighted by molar-refractivity contribution is 5.80. The number of hydrogen-bond donors (Lipinski definition) is 3. The van der Waals surface area contributed by atoms with Crippen LogP contribution in [0.5, 0.6) is 0 Å². The average molecular weight is 272 g/mol. The molecule has 0 aromatic heterocycles. The fourth-order valence-corrected chi connectivity index (χ4v) is 2.96. The van der Waals surface area contributed by atoms with Crippen molar-refractivity contribution in [3.8, 4) is 0 Å². The Morgan fingerprint density at radius 1 is 1.53 bits per heavy atom. The maximum Gasteiger partial charge on any atom is 0.224 e. The third-order valence-electron chi connectivity index (χ3n) is 4.75. The summed E-state index contributed by atoms with van der Waals surface area (Å²) >= 11 is 0. The Kier molecular flexibility index (Phi) is 5.77. The second-order valence-electron chi connectivity index (χ2n) is 6.25. The van der Waals surface area contributed by atoms with E-state index < -0.39 is 0 Å². The van der Waals surface area contributed by atoms with Gasteiger partial charge in [0.1, 0.15) is 0 Å². The van der Waals surface area contributed by atoms with E-state index in [-0.39, 0.29) is 35.9 Å². The van der Waals surface area contributed by atoms with Gasteiger partial charge in [0.2, 0.25) is 5.91 Å². The highest BCUT2D eigenvalue weighted by Crippen LogP contribution is 2.44. The van der Waals surface area contributed by atoms with Crippen molar-refractivity contribution in [3.63, 3.8) is 0 Å². The zero-order valence-corrected chi connectivity index (χ0v) is 12.5. The van der Waals surface area contributed by atoms with Crippen LogP contribution in [0.4, 0.5) is 0 Å². The maximum absolute atomic E-state index is 12.4. The second kappa shape index (κ2) is 6.68. The maximum atomic E-state index is 12.4. The first-order valence-corrected chi connectivity index (χ1v) is 7.00. The van der Waals surface area contributed by atoms with Crippen LogP contribution < -0.4 is 11.1 Å². The molecule has 112 valence electrons. The molecule has 0 bridgehead atoms. The summed E-state index contributed by atoms with van der Waals surface area (Å²) in [7, 11) is 1.56. The quantitative estimate of drug-likeness (QED) is 0.681. The van der Waals surface area contributed by atoms with Crippen LogP contribution in [0.3, 0.4) is 0 Å². The lowest BCUT2D eigenvalue weighted by Crippen LogP contribution is -2.53. The fourth-order valence-electron chi connectivity index (χ4n) is 2.96. The van der Waals surface area contributed by atoms with Gasteiger partial charge in [-0.1, -0.05) is 20.8 Å². The summed E-state index contributed by atoms with van der Waals surface area (Å²) in [5, 5.41) is 12.1. The van der Waals surface area contributed by atoms with Crippen molar-refractivity contribution in [2.24, 2.45) is 23.0 Å². The Balaban J connectivity index is 2.70. The number of nitrogens with two attached hydrogens (primary N) is 1. The van der Waals surface area contributed by atoms with Gasteiger partial charge in [-0.05, 0) is 24.2 Å². The molecule has 4 N–H and O–H groups in total. The zero-order valence-electron chi connectivity index (χ0n) is 12.5. The lowest BCUT2D eigenvalue weighted by Gasteiger charge is -2.46. The molecule has 0 heterocycles. The summed E-state index contributed by atoms with van der Waals surface area (Å²) in [6.45, 7) is 6.53. The normalized spacial score (nSPS) is 31.8. The summed E-state index contributed by atoms with van der Waals surface area (Å²) < 4.78 is 4.98. The van der Waals surface area contributed by atoms with E-state index in [9.17, 15) is 9.90 Å². The van der Waals surface area contributed by atoms with Crippen molar-refractivity contribution >= 4 is 5.91 Å². The first-order valence-electron chi connectivity index (χ1n) is 7.00. The minimum Gasteiger partial charge on any atom is -0.394 e. The summed E-state index contributed by atoms with van der Waals surface area (Å²) in [4.78, 5) is 12.4. The van der Waals surface area contributed by atoms with Crippen LogP contribution in [0.15, 0.2) is 0 Å². The standard InChI is InChI=1S/C14H28N2O3/c1-9-12(15)6-5-11(14(9,2)3)13(18)16-10(7-17)8-19-4/h9-12,17H,5-8,15H2,1-4H3,(H,16,18). The summed E-state index contributed by atoms with van der Waals surface area (Å²) in [6.07, 6.45) is 1.67. The lowest BCUT2D eigenvalue weighted by atomic mass is 9.61. The van der Waals surface area contributed by atoms with E-state index in [4.69, 9.17) is 10.5 Å². The first-order chi connectivity index (χ1) is 8.84. The van der Waals surface area contributed by atoms with Gasteiger partial charge in [0.05, 0.1) is 19.3 Å². The van der Waals surface area contributed by atoms with Gasteiger partial charge in [0.25, 0.3) is 0 Å². The number of nitrogens with one attached hydrogen (secondary N) is 1. The molecule has 5 nitrogen and oxygen atoms in total. The lowest BCUT2D eigenvalue weighted by molar-refractivity contribution is -0.134. The van der Waals surface area contributed by atoms with Gasteiger partial charge in [0.15, 0.2) is 0 Å². The molecule has 1 aliphatic rings. The summed E-state index contributed by atoms with van der Waals surface area (Å²) in [5.74, 6) is 0.236. The van der Waals surface area contributed by atoms with Gasteiger partial charge in [0, 0.05) is 19.1 Å². The van der Waals surface area contributed by atoms with Crippen molar-refractivity contribution in [2.45, 2.75) is 45.7 Å². The molecule has 1 rings (SSSR count). The summed E-state index contributed by atoms with van der Waals surface area (Å²) in [6, 6.07) is -0.175. The van der Waals surface area contributed by atoms with E-state index in [0.717, 1.165) is 12.8 Å².